The van der Waals surface area contributed by atoms with Gasteiger partial charge in [-0.3, -0.25) is 4.90 Å². The third-order valence-electron chi connectivity index (χ3n) is 4.43. The van der Waals surface area contributed by atoms with E-state index in [-0.39, 0.29) is 11.8 Å². The Hall–Kier alpha value is -2.11. The standard InChI is InChI=1S/C19H21ClFN3O/c1-14-6-7-16(12-18(14)21)22-19(25)24-10-8-23(9-11-24)13-15-4-2-3-5-17(15)20/h2-7,12H,8-11,13H2,1H3,(H,22,25). The summed E-state index contributed by atoms with van der Waals surface area (Å²) in [5.74, 6) is -0.317. The van der Waals surface area contributed by atoms with Gasteiger partial charge in [-0.2, -0.15) is 0 Å². The fourth-order valence-corrected chi connectivity index (χ4v) is 3.05. The highest BCUT2D eigenvalue weighted by Crippen LogP contribution is 2.18. The maximum Gasteiger partial charge on any atom is 0.321 e. The number of carbonyl (C=O) groups is 1. The summed E-state index contributed by atoms with van der Waals surface area (Å²) in [6, 6.07) is 12.3. The van der Waals surface area contributed by atoms with E-state index in [2.05, 4.69) is 10.2 Å². The second-order valence-electron chi connectivity index (χ2n) is 6.25. The van der Waals surface area contributed by atoms with Crippen molar-refractivity contribution in [2.75, 3.05) is 31.5 Å². The molecule has 0 radical (unpaired) electrons. The zero-order valence-corrected chi connectivity index (χ0v) is 14.9. The van der Waals surface area contributed by atoms with E-state index in [0.717, 1.165) is 30.2 Å². The number of anilines is 1. The number of hydrogen-bond donors (Lipinski definition) is 1. The molecule has 0 bridgehead atoms. The molecule has 0 saturated carbocycles. The normalized spacial score (nSPS) is 15.2. The zero-order valence-electron chi connectivity index (χ0n) is 14.1. The lowest BCUT2D eigenvalue weighted by Gasteiger charge is -2.34. The fraction of sp³-hybridized carbons (Fsp3) is 0.316. The summed E-state index contributed by atoms with van der Waals surface area (Å²) in [6.07, 6.45) is 0. The molecule has 4 nitrogen and oxygen atoms in total. The largest absolute Gasteiger partial charge is 0.322 e. The summed E-state index contributed by atoms with van der Waals surface area (Å²) in [6.45, 7) is 5.29. The second-order valence-corrected chi connectivity index (χ2v) is 6.66. The van der Waals surface area contributed by atoms with Gasteiger partial charge in [0, 0.05) is 43.4 Å². The Labute approximate surface area is 152 Å². The highest BCUT2D eigenvalue weighted by Gasteiger charge is 2.21. The number of rotatable bonds is 3. The van der Waals surface area contributed by atoms with Crippen LogP contribution in [0.2, 0.25) is 5.02 Å². The number of nitrogens with zero attached hydrogens (tertiary/aromatic N) is 2. The molecular formula is C19H21ClFN3O. The topological polar surface area (TPSA) is 35.6 Å². The van der Waals surface area contributed by atoms with Gasteiger partial charge in [-0.1, -0.05) is 35.9 Å². The van der Waals surface area contributed by atoms with E-state index >= 15 is 0 Å². The summed E-state index contributed by atoms with van der Waals surface area (Å²) in [5, 5.41) is 3.53. The molecule has 0 unspecified atom stereocenters. The van der Waals surface area contributed by atoms with Crippen LogP contribution >= 0.6 is 11.6 Å². The lowest BCUT2D eigenvalue weighted by atomic mass is 10.2. The number of aryl methyl sites for hydroxylation is 1. The van der Waals surface area contributed by atoms with Crippen molar-refractivity contribution in [1.82, 2.24) is 9.80 Å². The first-order valence-corrected chi connectivity index (χ1v) is 8.68. The van der Waals surface area contributed by atoms with E-state index in [1.165, 1.54) is 6.07 Å². The molecule has 1 aliphatic heterocycles. The molecule has 0 aromatic heterocycles. The molecule has 25 heavy (non-hydrogen) atoms. The van der Waals surface area contributed by atoms with Gasteiger partial charge in [0.05, 0.1) is 0 Å². The van der Waals surface area contributed by atoms with Crippen molar-refractivity contribution < 1.29 is 9.18 Å². The summed E-state index contributed by atoms with van der Waals surface area (Å²) in [7, 11) is 0. The maximum absolute atomic E-state index is 13.6. The predicted molar refractivity (Wildman–Crippen MR) is 98.5 cm³/mol. The van der Waals surface area contributed by atoms with Crippen LogP contribution in [0.5, 0.6) is 0 Å². The minimum Gasteiger partial charge on any atom is -0.322 e. The number of amides is 2. The van der Waals surface area contributed by atoms with E-state index in [4.69, 9.17) is 11.6 Å². The molecule has 2 aromatic rings. The third kappa shape index (κ3) is 4.50. The Balaban J connectivity index is 1.52. The molecule has 1 N–H and O–H groups in total. The van der Waals surface area contributed by atoms with Crippen LogP contribution in [0.1, 0.15) is 11.1 Å². The number of nitrogens with one attached hydrogen (secondary N) is 1. The molecule has 1 aliphatic rings. The van der Waals surface area contributed by atoms with Crippen LogP contribution in [0.25, 0.3) is 0 Å². The van der Waals surface area contributed by atoms with Gasteiger partial charge in [0.1, 0.15) is 5.82 Å². The van der Waals surface area contributed by atoms with E-state index in [0.29, 0.717) is 24.3 Å². The van der Waals surface area contributed by atoms with Gasteiger partial charge >= 0.3 is 6.03 Å². The first kappa shape index (κ1) is 17.7. The van der Waals surface area contributed by atoms with Crippen molar-refractivity contribution in [3.05, 3.63) is 64.4 Å². The average molecular weight is 362 g/mol. The predicted octanol–water partition coefficient (Wildman–Crippen LogP) is 4.14. The van der Waals surface area contributed by atoms with Crippen molar-refractivity contribution in [3.8, 4) is 0 Å². The molecule has 0 spiro atoms. The lowest BCUT2D eigenvalue weighted by molar-refractivity contribution is 0.143. The number of benzene rings is 2. The first-order chi connectivity index (χ1) is 12.0. The number of carbonyl (C=O) groups excluding carboxylic acids is 1. The molecule has 1 fully saturated rings. The quantitative estimate of drug-likeness (QED) is 0.891. The molecule has 0 atom stereocenters. The van der Waals surface area contributed by atoms with E-state index in [9.17, 15) is 9.18 Å². The molecular weight excluding hydrogens is 341 g/mol. The third-order valence-corrected chi connectivity index (χ3v) is 4.80. The Morgan fingerprint density at radius 3 is 2.56 bits per heavy atom. The van der Waals surface area contributed by atoms with Crippen LogP contribution in [-0.2, 0) is 6.54 Å². The number of halogens is 2. The molecule has 2 amide bonds. The van der Waals surface area contributed by atoms with Crippen molar-refractivity contribution in [3.63, 3.8) is 0 Å². The van der Waals surface area contributed by atoms with Gasteiger partial charge in [0.25, 0.3) is 0 Å². The molecule has 0 aliphatic carbocycles. The Bertz CT molecular complexity index is 760. The van der Waals surface area contributed by atoms with Crippen LogP contribution in [0, 0.1) is 12.7 Å². The summed E-state index contributed by atoms with van der Waals surface area (Å²) < 4.78 is 13.6. The van der Waals surface area contributed by atoms with Crippen molar-refractivity contribution in [2.24, 2.45) is 0 Å². The highest BCUT2D eigenvalue weighted by molar-refractivity contribution is 6.31. The zero-order chi connectivity index (χ0) is 17.8. The molecule has 6 heteroatoms. The SMILES string of the molecule is Cc1ccc(NC(=O)N2CCN(Cc3ccccc3Cl)CC2)cc1F. The fourth-order valence-electron chi connectivity index (χ4n) is 2.85. The smallest absolute Gasteiger partial charge is 0.321 e. The van der Waals surface area contributed by atoms with E-state index in [1.807, 2.05) is 24.3 Å². The van der Waals surface area contributed by atoms with Gasteiger partial charge in [0.2, 0.25) is 0 Å². The summed E-state index contributed by atoms with van der Waals surface area (Å²) in [5.41, 5.74) is 2.13. The summed E-state index contributed by atoms with van der Waals surface area (Å²) in [4.78, 5) is 16.4. The van der Waals surface area contributed by atoms with Crippen molar-refractivity contribution >= 4 is 23.3 Å². The molecule has 1 saturated heterocycles. The van der Waals surface area contributed by atoms with E-state index in [1.54, 1.807) is 24.0 Å². The number of hydrogen-bond acceptors (Lipinski definition) is 2. The van der Waals surface area contributed by atoms with E-state index < -0.39 is 0 Å². The Morgan fingerprint density at radius 2 is 1.88 bits per heavy atom. The minimum atomic E-state index is -0.317. The maximum atomic E-state index is 13.6. The monoisotopic (exact) mass is 361 g/mol. The molecule has 2 aromatic carbocycles. The molecule has 132 valence electrons. The lowest BCUT2D eigenvalue weighted by Crippen LogP contribution is -2.49. The summed E-state index contributed by atoms with van der Waals surface area (Å²) >= 11 is 6.20. The van der Waals surface area contributed by atoms with Crippen LogP contribution in [0.3, 0.4) is 0 Å². The van der Waals surface area contributed by atoms with Crippen molar-refractivity contribution in [2.45, 2.75) is 13.5 Å². The van der Waals surface area contributed by atoms with Gasteiger partial charge in [-0.05, 0) is 36.2 Å². The van der Waals surface area contributed by atoms with Gasteiger partial charge in [-0.15, -0.1) is 0 Å². The highest BCUT2D eigenvalue weighted by atomic mass is 35.5. The van der Waals surface area contributed by atoms with Gasteiger partial charge in [-0.25, -0.2) is 9.18 Å². The first-order valence-electron chi connectivity index (χ1n) is 8.31. The average Bonchev–Trinajstić information content (AvgIpc) is 2.61. The second kappa shape index (κ2) is 7.85. The van der Waals surface area contributed by atoms with Crippen LogP contribution in [0.15, 0.2) is 42.5 Å². The minimum absolute atomic E-state index is 0.194. The van der Waals surface area contributed by atoms with Gasteiger partial charge < -0.3 is 10.2 Å². The molecule has 3 rings (SSSR count). The Kier molecular flexibility index (Phi) is 5.56. The Morgan fingerprint density at radius 1 is 1.16 bits per heavy atom. The van der Waals surface area contributed by atoms with Crippen LogP contribution in [0.4, 0.5) is 14.9 Å². The van der Waals surface area contributed by atoms with Crippen LogP contribution in [-0.4, -0.2) is 42.0 Å². The van der Waals surface area contributed by atoms with Gasteiger partial charge in [0.15, 0.2) is 0 Å². The van der Waals surface area contributed by atoms with Crippen LogP contribution < -0.4 is 5.32 Å². The van der Waals surface area contributed by atoms with Crippen molar-refractivity contribution in [1.29, 1.82) is 0 Å². The molecule has 1 heterocycles. The number of urea groups is 1. The number of piperazine rings is 1.